The summed E-state index contributed by atoms with van der Waals surface area (Å²) < 4.78 is 0. The van der Waals surface area contributed by atoms with Crippen molar-refractivity contribution in [2.24, 2.45) is 5.92 Å². The normalized spacial score (nSPS) is 16.4. The van der Waals surface area contributed by atoms with Crippen LogP contribution in [0.25, 0.3) is 0 Å². The number of nitrogens with zero attached hydrogens (tertiary/aromatic N) is 2. The number of pyridine rings is 1. The average molecular weight is 349 g/mol. The van der Waals surface area contributed by atoms with Crippen LogP contribution in [0.5, 0.6) is 0 Å². The highest BCUT2D eigenvalue weighted by Gasteiger charge is 2.21. The standard InChI is InChI=1S/C15H24N4O.2ClH/c1-3-19(4-2)14-6-5-12(9-17-14)10-18-15(20)13-7-8-16-11-13;;/h5-6,9,13,16H,3-4,7-8,10-11H2,1-2H3,(H,18,20);2*1H. The lowest BCUT2D eigenvalue weighted by Crippen LogP contribution is -2.31. The Balaban J connectivity index is 0.00000220. The van der Waals surface area contributed by atoms with E-state index >= 15 is 0 Å². The minimum atomic E-state index is 0. The van der Waals surface area contributed by atoms with Gasteiger partial charge in [0, 0.05) is 32.4 Å². The third-order valence-electron chi connectivity index (χ3n) is 3.79. The summed E-state index contributed by atoms with van der Waals surface area (Å²) in [7, 11) is 0. The van der Waals surface area contributed by atoms with E-state index in [4.69, 9.17) is 0 Å². The van der Waals surface area contributed by atoms with Gasteiger partial charge < -0.3 is 15.5 Å². The van der Waals surface area contributed by atoms with Crippen LogP contribution in [0.3, 0.4) is 0 Å². The zero-order valence-corrected chi connectivity index (χ0v) is 14.8. The fourth-order valence-electron chi connectivity index (χ4n) is 2.47. The fraction of sp³-hybridized carbons (Fsp3) is 0.600. The Kier molecular flexibility index (Phi) is 10.1. The van der Waals surface area contributed by atoms with E-state index in [0.29, 0.717) is 6.54 Å². The molecule has 5 nitrogen and oxygen atoms in total. The van der Waals surface area contributed by atoms with Crippen LogP contribution in [0.4, 0.5) is 5.82 Å². The van der Waals surface area contributed by atoms with Crippen LogP contribution in [0, 0.1) is 5.92 Å². The van der Waals surface area contributed by atoms with Gasteiger partial charge in [-0.25, -0.2) is 4.98 Å². The molecule has 1 fully saturated rings. The predicted molar refractivity (Wildman–Crippen MR) is 95.1 cm³/mol. The van der Waals surface area contributed by atoms with E-state index in [9.17, 15) is 4.79 Å². The molecule has 2 N–H and O–H groups in total. The first-order chi connectivity index (χ1) is 9.74. The molecule has 1 aliphatic heterocycles. The number of amides is 1. The second-order valence-electron chi connectivity index (χ2n) is 5.10. The molecule has 1 aromatic rings. The molecule has 22 heavy (non-hydrogen) atoms. The number of carbonyl (C=O) groups is 1. The second-order valence-corrected chi connectivity index (χ2v) is 5.10. The van der Waals surface area contributed by atoms with Crippen molar-refractivity contribution >= 4 is 36.5 Å². The molecular formula is C15H26Cl2N4O. The Hall–Kier alpha value is -1.04. The van der Waals surface area contributed by atoms with E-state index in [-0.39, 0.29) is 36.6 Å². The number of hydrogen-bond acceptors (Lipinski definition) is 4. The largest absolute Gasteiger partial charge is 0.357 e. The second kappa shape index (κ2) is 10.6. The highest BCUT2D eigenvalue weighted by atomic mass is 35.5. The quantitative estimate of drug-likeness (QED) is 0.825. The summed E-state index contributed by atoms with van der Waals surface area (Å²) in [6.45, 7) is 8.44. The molecule has 7 heteroatoms. The van der Waals surface area contributed by atoms with Crippen LogP contribution < -0.4 is 15.5 Å². The van der Waals surface area contributed by atoms with Crippen molar-refractivity contribution in [2.75, 3.05) is 31.1 Å². The lowest BCUT2D eigenvalue weighted by atomic mass is 10.1. The van der Waals surface area contributed by atoms with E-state index in [0.717, 1.165) is 44.0 Å². The lowest BCUT2D eigenvalue weighted by molar-refractivity contribution is -0.124. The minimum absolute atomic E-state index is 0. The van der Waals surface area contributed by atoms with Gasteiger partial charge >= 0.3 is 0 Å². The first-order valence-electron chi connectivity index (χ1n) is 7.42. The minimum Gasteiger partial charge on any atom is -0.357 e. The van der Waals surface area contributed by atoms with E-state index in [1.165, 1.54) is 0 Å². The maximum absolute atomic E-state index is 11.9. The van der Waals surface area contributed by atoms with Gasteiger partial charge in [0.1, 0.15) is 5.82 Å². The molecule has 0 aromatic carbocycles. The van der Waals surface area contributed by atoms with Gasteiger partial charge in [-0.2, -0.15) is 0 Å². The summed E-state index contributed by atoms with van der Waals surface area (Å²) in [4.78, 5) is 18.6. The number of aromatic nitrogens is 1. The summed E-state index contributed by atoms with van der Waals surface area (Å²) in [5.74, 6) is 1.26. The Morgan fingerprint density at radius 1 is 1.36 bits per heavy atom. The molecule has 0 bridgehead atoms. The molecule has 0 aliphatic carbocycles. The Morgan fingerprint density at radius 2 is 2.09 bits per heavy atom. The monoisotopic (exact) mass is 348 g/mol. The molecule has 0 saturated carbocycles. The van der Waals surface area contributed by atoms with Gasteiger partial charge in [-0.15, -0.1) is 24.8 Å². The van der Waals surface area contributed by atoms with Crippen LogP contribution in [0.2, 0.25) is 0 Å². The number of carbonyl (C=O) groups excluding carboxylic acids is 1. The van der Waals surface area contributed by atoms with Crippen molar-refractivity contribution in [2.45, 2.75) is 26.8 Å². The summed E-state index contributed by atoms with van der Waals surface area (Å²) in [6, 6.07) is 4.06. The summed E-state index contributed by atoms with van der Waals surface area (Å²) >= 11 is 0. The van der Waals surface area contributed by atoms with Gasteiger partial charge in [-0.3, -0.25) is 4.79 Å². The van der Waals surface area contributed by atoms with Crippen molar-refractivity contribution in [3.63, 3.8) is 0 Å². The smallest absolute Gasteiger partial charge is 0.224 e. The van der Waals surface area contributed by atoms with E-state index in [1.807, 2.05) is 18.3 Å². The van der Waals surface area contributed by atoms with E-state index in [2.05, 4.69) is 34.4 Å². The maximum Gasteiger partial charge on any atom is 0.224 e. The van der Waals surface area contributed by atoms with Gasteiger partial charge in [0.25, 0.3) is 0 Å². The van der Waals surface area contributed by atoms with Crippen LogP contribution in [-0.4, -0.2) is 37.1 Å². The zero-order chi connectivity index (χ0) is 14.4. The van der Waals surface area contributed by atoms with E-state index in [1.54, 1.807) is 0 Å². The summed E-state index contributed by atoms with van der Waals surface area (Å²) in [5, 5.41) is 6.19. The van der Waals surface area contributed by atoms with Crippen molar-refractivity contribution in [3.05, 3.63) is 23.9 Å². The summed E-state index contributed by atoms with van der Waals surface area (Å²) in [5.41, 5.74) is 1.04. The van der Waals surface area contributed by atoms with Gasteiger partial charge in [0.2, 0.25) is 5.91 Å². The van der Waals surface area contributed by atoms with Gasteiger partial charge in [0.05, 0.1) is 5.92 Å². The number of hydrogen-bond donors (Lipinski definition) is 2. The molecule has 2 heterocycles. The molecule has 1 aliphatic rings. The fourth-order valence-corrected chi connectivity index (χ4v) is 2.47. The lowest BCUT2D eigenvalue weighted by Gasteiger charge is -2.19. The Morgan fingerprint density at radius 3 is 2.59 bits per heavy atom. The van der Waals surface area contributed by atoms with Crippen molar-refractivity contribution in [3.8, 4) is 0 Å². The van der Waals surface area contributed by atoms with Gasteiger partial charge in [0.15, 0.2) is 0 Å². The van der Waals surface area contributed by atoms with Gasteiger partial charge in [-0.1, -0.05) is 6.07 Å². The third kappa shape index (κ3) is 5.63. The van der Waals surface area contributed by atoms with Crippen molar-refractivity contribution in [1.29, 1.82) is 0 Å². The molecule has 0 radical (unpaired) electrons. The van der Waals surface area contributed by atoms with E-state index < -0.39 is 0 Å². The zero-order valence-electron chi connectivity index (χ0n) is 13.2. The van der Waals surface area contributed by atoms with Crippen LogP contribution in [-0.2, 0) is 11.3 Å². The highest BCUT2D eigenvalue weighted by Crippen LogP contribution is 2.11. The Labute approximate surface area is 145 Å². The molecule has 1 unspecified atom stereocenters. The third-order valence-corrected chi connectivity index (χ3v) is 3.79. The number of anilines is 1. The van der Waals surface area contributed by atoms with Crippen LogP contribution in [0.1, 0.15) is 25.8 Å². The van der Waals surface area contributed by atoms with Crippen LogP contribution in [0.15, 0.2) is 18.3 Å². The molecule has 126 valence electrons. The highest BCUT2D eigenvalue weighted by molar-refractivity contribution is 5.85. The molecule has 1 amide bonds. The van der Waals surface area contributed by atoms with Crippen molar-refractivity contribution in [1.82, 2.24) is 15.6 Å². The molecule has 1 atom stereocenters. The predicted octanol–water partition coefficient (Wildman–Crippen LogP) is 2.00. The Bertz CT molecular complexity index is 432. The number of halogens is 2. The summed E-state index contributed by atoms with van der Waals surface area (Å²) in [6.07, 6.45) is 2.78. The topological polar surface area (TPSA) is 57.3 Å². The number of rotatable bonds is 6. The van der Waals surface area contributed by atoms with Gasteiger partial charge in [-0.05, 0) is 38.4 Å². The molecule has 1 aromatic heterocycles. The van der Waals surface area contributed by atoms with Crippen molar-refractivity contribution < 1.29 is 4.79 Å². The van der Waals surface area contributed by atoms with Crippen LogP contribution >= 0.6 is 24.8 Å². The SMILES string of the molecule is CCN(CC)c1ccc(CNC(=O)C2CCNC2)cn1.Cl.Cl. The number of nitrogens with one attached hydrogen (secondary N) is 2. The first kappa shape index (κ1) is 21.0. The average Bonchev–Trinajstić information content (AvgIpc) is 3.01. The molecule has 2 rings (SSSR count). The maximum atomic E-state index is 11.9. The molecule has 1 saturated heterocycles. The first-order valence-corrected chi connectivity index (χ1v) is 7.42. The molecular weight excluding hydrogens is 323 g/mol. The molecule has 0 spiro atoms.